The van der Waals surface area contributed by atoms with E-state index in [1.807, 2.05) is 30.5 Å². The Morgan fingerprint density at radius 3 is 2.26 bits per heavy atom. The average Bonchev–Trinajstić information content (AvgIpc) is 3.81. The summed E-state index contributed by atoms with van der Waals surface area (Å²) in [5.41, 5.74) is 15.2. The molecule has 0 radical (unpaired) electrons. The van der Waals surface area contributed by atoms with Crippen LogP contribution in [0.3, 0.4) is 0 Å². The predicted octanol–water partition coefficient (Wildman–Crippen LogP) is 10.7. The van der Waals surface area contributed by atoms with E-state index in [-0.39, 0.29) is 0 Å². The van der Waals surface area contributed by atoms with Crippen LogP contribution in [0.1, 0.15) is 16.7 Å². The van der Waals surface area contributed by atoms with E-state index in [9.17, 15) is 0 Å². The van der Waals surface area contributed by atoms with E-state index in [4.69, 9.17) is 4.42 Å². The third-order valence-electron chi connectivity index (χ3n) is 10.00. The molecule has 0 aliphatic carbocycles. The first-order valence-electron chi connectivity index (χ1n) is 17.0. The van der Waals surface area contributed by atoms with Crippen LogP contribution < -0.4 is 4.57 Å². The highest BCUT2D eigenvalue weighted by atomic mass is 16.3. The van der Waals surface area contributed by atoms with Crippen LogP contribution in [0.2, 0.25) is 0 Å². The van der Waals surface area contributed by atoms with Gasteiger partial charge in [0.2, 0.25) is 0 Å². The van der Waals surface area contributed by atoms with Crippen molar-refractivity contribution in [2.24, 2.45) is 0 Å². The lowest BCUT2D eigenvalue weighted by Crippen LogP contribution is -2.32. The van der Waals surface area contributed by atoms with Gasteiger partial charge < -0.3 is 8.98 Å². The molecule has 4 aromatic heterocycles. The van der Waals surface area contributed by atoms with Crippen LogP contribution >= 0.6 is 0 Å². The van der Waals surface area contributed by atoms with Gasteiger partial charge in [0.1, 0.15) is 11.2 Å². The number of pyridine rings is 1. The Morgan fingerprint density at radius 2 is 1.40 bits per heavy atom. The summed E-state index contributed by atoms with van der Waals surface area (Å²) >= 11 is 0. The topological polar surface area (TPSA) is 39.8 Å². The molecule has 0 amide bonds. The van der Waals surface area contributed by atoms with E-state index < -0.39 is 0 Å². The number of benzene rings is 6. The zero-order valence-electron chi connectivity index (χ0n) is 28.0. The Hall–Kier alpha value is -6.46. The van der Waals surface area contributed by atoms with Crippen molar-refractivity contribution < 1.29 is 8.98 Å². The molecule has 0 N–H and O–H groups in total. The van der Waals surface area contributed by atoms with Crippen LogP contribution in [0.25, 0.3) is 83.1 Å². The molecule has 0 fully saturated rings. The highest BCUT2D eigenvalue weighted by Crippen LogP contribution is 2.42. The summed E-state index contributed by atoms with van der Waals surface area (Å²) in [7, 11) is 0. The zero-order valence-corrected chi connectivity index (χ0v) is 28.0. The van der Waals surface area contributed by atoms with Crippen molar-refractivity contribution in [3.63, 3.8) is 0 Å². The molecule has 10 aromatic rings. The minimum absolute atomic E-state index is 0.889. The summed E-state index contributed by atoms with van der Waals surface area (Å²) in [6.07, 6.45) is 5.60. The number of para-hydroxylation sites is 3. The van der Waals surface area contributed by atoms with Crippen molar-refractivity contribution in [1.29, 1.82) is 0 Å². The number of aryl methyl sites for hydroxylation is 3. The van der Waals surface area contributed by atoms with E-state index in [1.165, 1.54) is 33.2 Å². The fraction of sp³-hybridized carbons (Fsp3) is 0.0667. The molecule has 5 heteroatoms. The number of fused-ring (bicyclic) bond motifs is 8. The highest BCUT2D eigenvalue weighted by Gasteiger charge is 2.21. The number of aromatic nitrogens is 4. The van der Waals surface area contributed by atoms with Gasteiger partial charge in [0.05, 0.1) is 39.1 Å². The minimum atomic E-state index is 0.889. The standard InChI is InChI=1S/C45H32N4O/c1-28-23-29(2)45(30(3)24-28)48-27-47(37-15-5-6-16-38(37)48)32-11-10-12-33(26-32)49-39-20-21-42-44(35-13-4-7-17-41(35)50-42)43(39)34-19-18-31(25-40(34)49)36-14-8-9-22-46-36/h4-26H,1-3H3. The lowest BCUT2D eigenvalue weighted by molar-refractivity contribution is -0.573. The number of imidazole rings is 1. The van der Waals surface area contributed by atoms with Crippen LogP contribution in [0, 0.1) is 27.1 Å². The highest BCUT2D eigenvalue weighted by molar-refractivity contribution is 6.27. The van der Waals surface area contributed by atoms with E-state index in [0.717, 1.165) is 66.6 Å². The Kier molecular flexibility index (Phi) is 6.15. The molecule has 0 unspecified atom stereocenters. The molecular weight excluding hydrogens is 613 g/mol. The normalized spacial score (nSPS) is 11.9. The molecule has 0 aliphatic heterocycles. The third-order valence-corrected chi connectivity index (χ3v) is 10.00. The van der Waals surface area contributed by atoms with Crippen molar-refractivity contribution in [2.45, 2.75) is 20.8 Å². The van der Waals surface area contributed by atoms with Gasteiger partial charge in [0.15, 0.2) is 0 Å². The summed E-state index contributed by atoms with van der Waals surface area (Å²) in [6, 6.07) is 47.2. The van der Waals surface area contributed by atoms with Gasteiger partial charge in [-0.25, -0.2) is 0 Å². The fourth-order valence-corrected chi connectivity index (χ4v) is 8.01. The molecule has 0 spiro atoms. The van der Waals surface area contributed by atoms with Gasteiger partial charge >= 0.3 is 0 Å². The Balaban J connectivity index is 1.25. The van der Waals surface area contributed by atoms with Crippen molar-refractivity contribution in [2.75, 3.05) is 0 Å². The second kappa shape index (κ2) is 10.8. The molecular formula is C45H32N4O. The number of rotatable bonds is 4. The monoisotopic (exact) mass is 644 g/mol. The summed E-state index contributed by atoms with van der Waals surface area (Å²) in [6.45, 7) is 6.52. The maximum atomic E-state index is 6.37. The van der Waals surface area contributed by atoms with Crippen LogP contribution in [-0.2, 0) is 0 Å². The summed E-state index contributed by atoms with van der Waals surface area (Å²) in [4.78, 5) is 4.69. The van der Waals surface area contributed by atoms with Gasteiger partial charge in [0, 0.05) is 39.0 Å². The van der Waals surface area contributed by atoms with Crippen LogP contribution in [0.4, 0.5) is 0 Å². The number of nitrogens with zero attached hydrogens (tertiary/aromatic N) is 4. The molecule has 6 aromatic carbocycles. The fourth-order valence-electron chi connectivity index (χ4n) is 8.01. The van der Waals surface area contributed by atoms with Crippen LogP contribution in [0.15, 0.2) is 144 Å². The lowest BCUT2D eigenvalue weighted by atomic mass is 10.0. The average molecular weight is 645 g/mol. The molecule has 0 saturated heterocycles. The van der Waals surface area contributed by atoms with Crippen molar-refractivity contribution in [3.8, 4) is 28.3 Å². The predicted molar refractivity (Wildman–Crippen MR) is 203 cm³/mol. The molecule has 238 valence electrons. The molecule has 5 nitrogen and oxygen atoms in total. The van der Waals surface area contributed by atoms with Gasteiger partial charge in [-0.15, -0.1) is 0 Å². The third kappa shape index (κ3) is 4.20. The van der Waals surface area contributed by atoms with Gasteiger partial charge in [-0.1, -0.05) is 84.4 Å². The SMILES string of the molecule is Cc1cc(C)c(-[n+]2[c-]n(-c3cccc(-n4c5cc(-c6ccccn6)ccc5c5c6c(ccc54)oc4ccccc46)c3)c3ccccc32)c(C)c1. The maximum Gasteiger partial charge on any atom is 0.269 e. The van der Waals surface area contributed by atoms with E-state index >= 15 is 0 Å². The number of hydrogen-bond acceptors (Lipinski definition) is 2. The molecule has 0 bridgehead atoms. The smallest absolute Gasteiger partial charge is 0.269 e. The quantitative estimate of drug-likeness (QED) is 0.141. The summed E-state index contributed by atoms with van der Waals surface area (Å²) in [5, 5.41) is 4.61. The summed E-state index contributed by atoms with van der Waals surface area (Å²) < 4.78 is 13.2. The van der Waals surface area contributed by atoms with Crippen LogP contribution in [0.5, 0.6) is 0 Å². The van der Waals surface area contributed by atoms with Crippen molar-refractivity contribution in [1.82, 2.24) is 14.1 Å². The minimum Gasteiger partial charge on any atom is -0.456 e. The van der Waals surface area contributed by atoms with Gasteiger partial charge in [-0.2, -0.15) is 0 Å². The van der Waals surface area contributed by atoms with Crippen molar-refractivity contribution >= 4 is 54.8 Å². The van der Waals surface area contributed by atoms with E-state index in [2.05, 4.69) is 155 Å². The lowest BCUT2D eigenvalue weighted by Gasteiger charge is -2.12. The molecule has 0 aliphatic rings. The van der Waals surface area contributed by atoms with Gasteiger partial charge in [-0.05, 0) is 86.5 Å². The largest absolute Gasteiger partial charge is 0.456 e. The Bertz CT molecular complexity index is 2940. The molecule has 0 atom stereocenters. The zero-order chi connectivity index (χ0) is 33.5. The molecule has 4 heterocycles. The van der Waals surface area contributed by atoms with Crippen molar-refractivity contribution in [3.05, 3.63) is 163 Å². The second-order valence-corrected chi connectivity index (χ2v) is 13.2. The molecule has 0 saturated carbocycles. The van der Waals surface area contributed by atoms with E-state index in [1.54, 1.807) is 0 Å². The van der Waals surface area contributed by atoms with Gasteiger partial charge in [0.25, 0.3) is 6.33 Å². The van der Waals surface area contributed by atoms with Crippen LogP contribution in [-0.4, -0.2) is 14.1 Å². The maximum absolute atomic E-state index is 6.37. The van der Waals surface area contributed by atoms with E-state index in [0.29, 0.717) is 0 Å². The molecule has 10 rings (SSSR count). The first-order valence-corrected chi connectivity index (χ1v) is 17.0. The first-order chi connectivity index (χ1) is 24.5. The number of furan rings is 1. The van der Waals surface area contributed by atoms with Gasteiger partial charge in [-0.3, -0.25) is 14.1 Å². The number of hydrogen-bond donors (Lipinski definition) is 0. The molecule has 50 heavy (non-hydrogen) atoms. The summed E-state index contributed by atoms with van der Waals surface area (Å²) in [5.74, 6) is 0. The Labute approximate surface area is 288 Å². The Morgan fingerprint density at radius 1 is 0.600 bits per heavy atom. The second-order valence-electron chi connectivity index (χ2n) is 13.2. The first kappa shape index (κ1) is 28.5.